The Morgan fingerprint density at radius 1 is 1.13 bits per heavy atom. The van der Waals surface area contributed by atoms with Crippen LogP contribution in [0.3, 0.4) is 0 Å². The molecule has 0 aliphatic heterocycles. The molecule has 162 valence electrons. The molecule has 6 nitrogen and oxygen atoms in total. The topological polar surface area (TPSA) is 65.8 Å². The molecule has 1 aliphatic carbocycles. The number of hydrogen-bond acceptors (Lipinski definition) is 4. The van der Waals surface area contributed by atoms with Gasteiger partial charge in [0.2, 0.25) is 11.8 Å². The Labute approximate surface area is 179 Å². The molecule has 2 aromatic rings. The van der Waals surface area contributed by atoms with Crippen LogP contribution in [-0.2, 0) is 22.7 Å². The lowest BCUT2D eigenvalue weighted by molar-refractivity contribution is -0.136. The third-order valence-corrected chi connectivity index (χ3v) is 5.65. The highest BCUT2D eigenvalue weighted by Crippen LogP contribution is 2.29. The first-order chi connectivity index (χ1) is 14.3. The lowest BCUT2D eigenvalue weighted by Crippen LogP contribution is -2.33. The summed E-state index contributed by atoms with van der Waals surface area (Å²) in [5.41, 5.74) is 2.79. The fourth-order valence-electron chi connectivity index (χ4n) is 4.03. The van der Waals surface area contributed by atoms with E-state index in [1.165, 1.54) is 0 Å². The summed E-state index contributed by atoms with van der Waals surface area (Å²) in [6.07, 6.45) is 5.81. The van der Waals surface area contributed by atoms with Gasteiger partial charge < -0.3 is 19.5 Å². The Kier molecular flexibility index (Phi) is 7.19. The molecule has 1 aromatic carbocycles. The van der Waals surface area contributed by atoms with Crippen molar-refractivity contribution in [2.45, 2.75) is 52.6 Å². The molecule has 1 fully saturated rings. The summed E-state index contributed by atoms with van der Waals surface area (Å²) in [6, 6.07) is 9.64. The third-order valence-electron chi connectivity index (χ3n) is 5.65. The third kappa shape index (κ3) is 5.43. The molecule has 1 aromatic heterocycles. The number of amides is 2. The highest BCUT2D eigenvalue weighted by atomic mass is 16.3. The summed E-state index contributed by atoms with van der Waals surface area (Å²) in [6.45, 7) is 4.67. The molecule has 30 heavy (non-hydrogen) atoms. The van der Waals surface area contributed by atoms with Crippen LogP contribution in [0.15, 0.2) is 41.0 Å². The number of carbonyl (C=O) groups excluding carboxylic acids is 2. The highest BCUT2D eigenvalue weighted by Gasteiger charge is 2.24. The summed E-state index contributed by atoms with van der Waals surface area (Å²) in [7, 11) is 3.97. The highest BCUT2D eigenvalue weighted by molar-refractivity contribution is 5.93. The van der Waals surface area contributed by atoms with Gasteiger partial charge in [-0.25, -0.2) is 0 Å². The first-order valence-corrected chi connectivity index (χ1v) is 10.8. The first-order valence-electron chi connectivity index (χ1n) is 10.8. The van der Waals surface area contributed by atoms with Crippen molar-refractivity contribution in [1.29, 1.82) is 0 Å². The predicted molar refractivity (Wildman–Crippen MR) is 119 cm³/mol. The molecule has 2 amide bonds. The zero-order valence-electron chi connectivity index (χ0n) is 18.5. The van der Waals surface area contributed by atoms with Crippen LogP contribution in [0.1, 0.15) is 50.9 Å². The largest absolute Gasteiger partial charge is 0.467 e. The molecule has 1 saturated carbocycles. The van der Waals surface area contributed by atoms with E-state index in [0.29, 0.717) is 13.1 Å². The van der Waals surface area contributed by atoms with Gasteiger partial charge in [0.05, 0.1) is 12.8 Å². The molecule has 0 bridgehead atoms. The maximum Gasteiger partial charge on any atom is 0.227 e. The van der Waals surface area contributed by atoms with Crippen molar-refractivity contribution >= 4 is 23.2 Å². The fourth-order valence-corrected chi connectivity index (χ4v) is 4.03. The minimum atomic E-state index is -0.118. The number of benzene rings is 1. The number of nitrogens with one attached hydrogen (secondary N) is 1. The van der Waals surface area contributed by atoms with E-state index >= 15 is 0 Å². The zero-order valence-corrected chi connectivity index (χ0v) is 18.5. The Bertz CT molecular complexity index is 853. The van der Waals surface area contributed by atoms with Crippen molar-refractivity contribution in [3.63, 3.8) is 0 Å². The Morgan fingerprint density at radius 2 is 1.87 bits per heavy atom. The van der Waals surface area contributed by atoms with Crippen LogP contribution in [-0.4, -0.2) is 30.8 Å². The smallest absolute Gasteiger partial charge is 0.227 e. The number of anilines is 2. The number of furan rings is 1. The van der Waals surface area contributed by atoms with Gasteiger partial charge in [0.25, 0.3) is 0 Å². The monoisotopic (exact) mass is 411 g/mol. The van der Waals surface area contributed by atoms with Gasteiger partial charge in [0.1, 0.15) is 5.76 Å². The van der Waals surface area contributed by atoms with Crippen LogP contribution < -0.4 is 10.2 Å². The van der Waals surface area contributed by atoms with Crippen molar-refractivity contribution < 1.29 is 14.0 Å². The average molecular weight is 412 g/mol. The van der Waals surface area contributed by atoms with E-state index in [9.17, 15) is 9.59 Å². The van der Waals surface area contributed by atoms with Crippen molar-refractivity contribution in [1.82, 2.24) is 4.90 Å². The lowest BCUT2D eigenvalue weighted by Gasteiger charge is -2.27. The van der Waals surface area contributed by atoms with Crippen molar-refractivity contribution in [2.75, 3.05) is 24.3 Å². The van der Waals surface area contributed by atoms with E-state index in [1.807, 2.05) is 68.1 Å². The van der Waals surface area contributed by atoms with Gasteiger partial charge in [-0.05, 0) is 48.7 Å². The predicted octanol–water partition coefficient (Wildman–Crippen LogP) is 4.66. The maximum atomic E-state index is 12.9. The van der Waals surface area contributed by atoms with E-state index < -0.39 is 0 Å². The van der Waals surface area contributed by atoms with Crippen LogP contribution in [0.5, 0.6) is 0 Å². The second-order valence-electron chi connectivity index (χ2n) is 8.64. The van der Waals surface area contributed by atoms with Gasteiger partial charge in [0, 0.05) is 43.9 Å². The molecule has 1 heterocycles. The zero-order chi connectivity index (χ0) is 21.7. The van der Waals surface area contributed by atoms with Gasteiger partial charge in [-0.2, -0.15) is 0 Å². The van der Waals surface area contributed by atoms with Crippen LogP contribution in [0.25, 0.3) is 0 Å². The number of hydrogen-bond donors (Lipinski definition) is 1. The lowest BCUT2D eigenvalue weighted by atomic mass is 10.1. The van der Waals surface area contributed by atoms with E-state index in [2.05, 4.69) is 5.32 Å². The van der Waals surface area contributed by atoms with Crippen LogP contribution >= 0.6 is 0 Å². The summed E-state index contributed by atoms with van der Waals surface area (Å²) in [5, 5.41) is 3.08. The van der Waals surface area contributed by atoms with Gasteiger partial charge in [-0.15, -0.1) is 0 Å². The second-order valence-corrected chi connectivity index (χ2v) is 8.64. The van der Waals surface area contributed by atoms with Crippen molar-refractivity contribution in [3.8, 4) is 0 Å². The Morgan fingerprint density at radius 3 is 2.47 bits per heavy atom. The molecule has 0 spiro atoms. The summed E-state index contributed by atoms with van der Waals surface area (Å²) < 4.78 is 5.48. The molecule has 0 atom stereocenters. The normalized spacial score (nSPS) is 14.2. The molecule has 0 saturated heterocycles. The van der Waals surface area contributed by atoms with Gasteiger partial charge in [0.15, 0.2) is 0 Å². The molecule has 1 aliphatic rings. The quantitative estimate of drug-likeness (QED) is 0.686. The summed E-state index contributed by atoms with van der Waals surface area (Å²) in [4.78, 5) is 29.3. The summed E-state index contributed by atoms with van der Waals surface area (Å²) >= 11 is 0. The number of nitrogens with zero attached hydrogens (tertiary/aromatic N) is 2. The molecule has 6 heteroatoms. The standard InChI is InChI=1S/C24H33N3O3/c1-17(2)24(29)27(16-21-10-7-13-30-21)15-19-14-20(11-12-22(19)26(3)4)25-23(28)18-8-5-6-9-18/h7,10-14,17-18H,5-6,8-9,15-16H2,1-4H3,(H,25,28). The van der Waals surface area contributed by atoms with Crippen molar-refractivity contribution in [3.05, 3.63) is 47.9 Å². The fraction of sp³-hybridized carbons (Fsp3) is 0.500. The van der Waals surface area contributed by atoms with Crippen LogP contribution in [0.2, 0.25) is 0 Å². The molecular weight excluding hydrogens is 378 g/mol. The van der Waals surface area contributed by atoms with E-state index in [1.54, 1.807) is 6.26 Å². The SMILES string of the molecule is CC(C)C(=O)N(Cc1ccco1)Cc1cc(NC(=O)C2CCCC2)ccc1N(C)C. The Balaban J connectivity index is 1.84. The molecule has 0 unspecified atom stereocenters. The number of rotatable bonds is 8. The minimum absolute atomic E-state index is 0.0662. The molecule has 0 radical (unpaired) electrons. The van der Waals surface area contributed by atoms with E-state index in [0.717, 1.165) is 48.4 Å². The van der Waals surface area contributed by atoms with Gasteiger partial charge in [-0.1, -0.05) is 26.7 Å². The van der Waals surface area contributed by atoms with Crippen LogP contribution in [0, 0.1) is 11.8 Å². The second kappa shape index (κ2) is 9.83. The van der Waals surface area contributed by atoms with E-state index in [4.69, 9.17) is 4.42 Å². The van der Waals surface area contributed by atoms with Crippen LogP contribution in [0.4, 0.5) is 11.4 Å². The maximum absolute atomic E-state index is 12.9. The summed E-state index contributed by atoms with van der Waals surface area (Å²) in [5.74, 6) is 0.910. The van der Waals surface area contributed by atoms with Crippen molar-refractivity contribution in [2.24, 2.45) is 11.8 Å². The molecule has 1 N–H and O–H groups in total. The van der Waals surface area contributed by atoms with Gasteiger partial charge >= 0.3 is 0 Å². The molecule has 3 rings (SSSR count). The first kappa shape index (κ1) is 21.9. The van der Waals surface area contributed by atoms with Gasteiger partial charge in [-0.3, -0.25) is 9.59 Å². The number of carbonyl (C=O) groups is 2. The van der Waals surface area contributed by atoms with E-state index in [-0.39, 0.29) is 23.7 Å². The molecular formula is C24H33N3O3. The minimum Gasteiger partial charge on any atom is -0.467 e. The average Bonchev–Trinajstić information content (AvgIpc) is 3.41. The Hall–Kier alpha value is -2.76.